The Morgan fingerprint density at radius 1 is 1.33 bits per heavy atom. The van der Waals surface area contributed by atoms with Crippen molar-refractivity contribution >= 4 is 11.6 Å². The molecule has 12 heavy (non-hydrogen) atoms. The van der Waals surface area contributed by atoms with Gasteiger partial charge in [0.1, 0.15) is 0 Å². The quantitative estimate of drug-likeness (QED) is 0.561. The predicted octanol–water partition coefficient (Wildman–Crippen LogP) is 2.59. The van der Waals surface area contributed by atoms with Crippen LogP contribution in [0.15, 0.2) is 18.2 Å². The first-order chi connectivity index (χ1) is 5.74. The second-order valence-corrected chi connectivity index (χ2v) is 3.26. The summed E-state index contributed by atoms with van der Waals surface area (Å²) in [5, 5.41) is 3.09. The normalized spacial score (nSPS) is 10.2. The summed E-state index contributed by atoms with van der Waals surface area (Å²) < 4.78 is 0. The monoisotopic (exact) mass is 183 g/mol. The van der Waals surface area contributed by atoms with E-state index in [2.05, 4.69) is 37.4 Å². The summed E-state index contributed by atoms with van der Waals surface area (Å²) in [5.74, 6) is 0. The summed E-state index contributed by atoms with van der Waals surface area (Å²) in [6, 6.07) is 6.96. The molecule has 1 aromatic rings. The molecule has 0 saturated carbocycles. The average molecular weight is 184 g/mol. The molecular formula is C10H14ClN. The summed E-state index contributed by atoms with van der Waals surface area (Å²) in [7, 11) is 0. The van der Waals surface area contributed by atoms with Crippen LogP contribution in [-0.4, -0.2) is 6.00 Å². The lowest BCUT2D eigenvalue weighted by atomic mass is 10.1. The van der Waals surface area contributed by atoms with Crippen molar-refractivity contribution in [2.45, 2.75) is 20.4 Å². The van der Waals surface area contributed by atoms with Crippen molar-refractivity contribution in [2.24, 2.45) is 0 Å². The highest BCUT2D eigenvalue weighted by molar-refractivity contribution is 6.17. The number of benzene rings is 1. The van der Waals surface area contributed by atoms with Crippen molar-refractivity contribution in [2.75, 3.05) is 6.00 Å². The van der Waals surface area contributed by atoms with Crippen LogP contribution < -0.4 is 5.32 Å². The van der Waals surface area contributed by atoms with E-state index in [4.69, 9.17) is 11.6 Å². The summed E-state index contributed by atoms with van der Waals surface area (Å²) in [6.45, 7) is 5.08. The summed E-state index contributed by atoms with van der Waals surface area (Å²) in [4.78, 5) is 0. The van der Waals surface area contributed by atoms with Gasteiger partial charge in [-0.2, -0.15) is 0 Å². The van der Waals surface area contributed by atoms with E-state index < -0.39 is 0 Å². The van der Waals surface area contributed by atoms with Crippen LogP contribution >= 0.6 is 11.6 Å². The standard InChI is InChI=1S/C10H14ClN/c1-8-3-4-10(6-12-7-11)9(2)5-8/h3-5,12H,6-7H2,1-2H3. The maximum absolute atomic E-state index is 5.52. The van der Waals surface area contributed by atoms with Gasteiger partial charge in [-0.15, -0.1) is 11.6 Å². The molecular weight excluding hydrogens is 170 g/mol. The van der Waals surface area contributed by atoms with Crippen molar-refractivity contribution in [1.29, 1.82) is 0 Å². The molecule has 0 bridgehead atoms. The molecule has 0 radical (unpaired) electrons. The highest BCUT2D eigenvalue weighted by Gasteiger charge is 1.96. The lowest BCUT2D eigenvalue weighted by molar-refractivity contribution is 0.786. The van der Waals surface area contributed by atoms with Crippen LogP contribution in [0.1, 0.15) is 16.7 Å². The van der Waals surface area contributed by atoms with Crippen LogP contribution in [0.4, 0.5) is 0 Å². The molecule has 0 aliphatic heterocycles. The highest BCUT2D eigenvalue weighted by Crippen LogP contribution is 2.09. The third-order valence-corrected chi connectivity index (χ3v) is 2.10. The molecule has 0 aliphatic carbocycles. The van der Waals surface area contributed by atoms with Crippen LogP contribution in [-0.2, 0) is 6.54 Å². The van der Waals surface area contributed by atoms with E-state index in [1.165, 1.54) is 16.7 Å². The molecule has 0 fully saturated rings. The molecule has 0 spiro atoms. The summed E-state index contributed by atoms with van der Waals surface area (Å²) in [5.41, 5.74) is 3.95. The van der Waals surface area contributed by atoms with Gasteiger partial charge in [-0.25, -0.2) is 0 Å². The Morgan fingerprint density at radius 3 is 2.67 bits per heavy atom. The van der Waals surface area contributed by atoms with Gasteiger partial charge in [0.15, 0.2) is 0 Å². The van der Waals surface area contributed by atoms with Crippen LogP contribution in [0.5, 0.6) is 0 Å². The maximum atomic E-state index is 5.52. The number of halogens is 1. The van der Waals surface area contributed by atoms with Gasteiger partial charge in [0, 0.05) is 6.54 Å². The Morgan fingerprint density at radius 2 is 2.08 bits per heavy atom. The molecule has 0 saturated heterocycles. The summed E-state index contributed by atoms with van der Waals surface area (Å²) >= 11 is 5.52. The second kappa shape index (κ2) is 4.48. The zero-order valence-corrected chi connectivity index (χ0v) is 8.28. The number of nitrogens with one attached hydrogen (secondary N) is 1. The van der Waals surface area contributed by atoms with Crippen LogP contribution in [0.25, 0.3) is 0 Å². The van der Waals surface area contributed by atoms with Gasteiger partial charge in [-0.05, 0) is 25.0 Å². The van der Waals surface area contributed by atoms with E-state index in [9.17, 15) is 0 Å². The van der Waals surface area contributed by atoms with E-state index in [1.807, 2.05) is 0 Å². The van der Waals surface area contributed by atoms with Gasteiger partial charge in [0.25, 0.3) is 0 Å². The SMILES string of the molecule is Cc1ccc(CNCCl)c(C)c1. The topological polar surface area (TPSA) is 12.0 Å². The Kier molecular flexibility index (Phi) is 3.57. The number of aryl methyl sites for hydroxylation is 2. The predicted molar refractivity (Wildman–Crippen MR) is 53.5 cm³/mol. The van der Waals surface area contributed by atoms with E-state index in [1.54, 1.807) is 0 Å². The lowest BCUT2D eigenvalue weighted by Crippen LogP contribution is -2.11. The molecule has 0 aromatic heterocycles. The van der Waals surface area contributed by atoms with Crippen LogP contribution in [0.2, 0.25) is 0 Å². The Bertz CT molecular complexity index is 258. The van der Waals surface area contributed by atoms with Crippen molar-refractivity contribution in [3.8, 4) is 0 Å². The Labute approximate surface area is 78.7 Å². The van der Waals surface area contributed by atoms with Crippen LogP contribution in [0.3, 0.4) is 0 Å². The molecule has 1 rings (SSSR count). The fourth-order valence-electron chi connectivity index (χ4n) is 1.23. The average Bonchev–Trinajstić information content (AvgIpc) is 2.03. The first kappa shape index (κ1) is 9.56. The van der Waals surface area contributed by atoms with Gasteiger partial charge >= 0.3 is 0 Å². The molecule has 0 atom stereocenters. The minimum atomic E-state index is 0.507. The van der Waals surface area contributed by atoms with Crippen molar-refractivity contribution in [3.63, 3.8) is 0 Å². The molecule has 0 amide bonds. The largest absolute Gasteiger partial charge is 0.300 e. The van der Waals surface area contributed by atoms with Gasteiger partial charge < -0.3 is 0 Å². The first-order valence-electron chi connectivity index (χ1n) is 4.07. The van der Waals surface area contributed by atoms with Gasteiger partial charge in [0.05, 0.1) is 6.00 Å². The smallest absolute Gasteiger partial charge is 0.0716 e. The summed E-state index contributed by atoms with van der Waals surface area (Å²) in [6.07, 6.45) is 0. The van der Waals surface area contributed by atoms with Gasteiger partial charge in [-0.1, -0.05) is 23.8 Å². The van der Waals surface area contributed by atoms with Gasteiger partial charge in [-0.3, -0.25) is 5.32 Å². The Balaban J connectivity index is 2.72. The molecule has 1 aromatic carbocycles. The molecule has 0 aliphatic rings. The van der Waals surface area contributed by atoms with Crippen molar-refractivity contribution < 1.29 is 0 Å². The number of alkyl halides is 1. The highest BCUT2D eigenvalue weighted by atomic mass is 35.5. The third-order valence-electron chi connectivity index (χ3n) is 1.91. The number of hydrogen-bond donors (Lipinski definition) is 1. The van der Waals surface area contributed by atoms with E-state index in [0.717, 1.165) is 6.54 Å². The molecule has 1 nitrogen and oxygen atoms in total. The molecule has 66 valence electrons. The molecule has 0 heterocycles. The zero-order chi connectivity index (χ0) is 8.97. The van der Waals surface area contributed by atoms with Crippen LogP contribution in [0, 0.1) is 13.8 Å². The van der Waals surface area contributed by atoms with Crippen molar-refractivity contribution in [3.05, 3.63) is 34.9 Å². The third kappa shape index (κ3) is 2.50. The molecule has 2 heteroatoms. The minimum Gasteiger partial charge on any atom is -0.300 e. The fraction of sp³-hybridized carbons (Fsp3) is 0.400. The first-order valence-corrected chi connectivity index (χ1v) is 4.60. The van der Waals surface area contributed by atoms with E-state index in [0.29, 0.717) is 6.00 Å². The van der Waals surface area contributed by atoms with E-state index >= 15 is 0 Å². The second-order valence-electron chi connectivity index (χ2n) is 2.99. The maximum Gasteiger partial charge on any atom is 0.0716 e. The Hall–Kier alpha value is -0.530. The minimum absolute atomic E-state index is 0.507. The zero-order valence-electron chi connectivity index (χ0n) is 7.52. The molecule has 1 N–H and O–H groups in total. The molecule has 0 unspecified atom stereocenters. The van der Waals surface area contributed by atoms with Crippen molar-refractivity contribution in [1.82, 2.24) is 5.32 Å². The number of hydrogen-bond acceptors (Lipinski definition) is 1. The lowest BCUT2D eigenvalue weighted by Gasteiger charge is -2.06. The number of rotatable bonds is 3. The van der Waals surface area contributed by atoms with Gasteiger partial charge in [0.2, 0.25) is 0 Å². The van der Waals surface area contributed by atoms with E-state index in [-0.39, 0.29) is 0 Å². The fourth-order valence-corrected chi connectivity index (χ4v) is 1.32.